The van der Waals surface area contributed by atoms with Gasteiger partial charge in [0.1, 0.15) is 0 Å². The zero-order valence-corrected chi connectivity index (χ0v) is 22.3. The van der Waals surface area contributed by atoms with E-state index >= 15 is 0 Å². The molecular formula is C28H27AsN4O2. The maximum atomic E-state index is 5.48. The van der Waals surface area contributed by atoms with Crippen LogP contribution in [0.2, 0.25) is 0 Å². The number of fused-ring (bicyclic) bond motifs is 2. The van der Waals surface area contributed by atoms with Crippen LogP contribution in [0.5, 0.6) is 11.5 Å². The van der Waals surface area contributed by atoms with E-state index in [0.717, 1.165) is 27.6 Å². The number of ether oxygens (including phenoxy) is 2. The molecule has 6 nitrogen and oxygen atoms in total. The van der Waals surface area contributed by atoms with Crippen molar-refractivity contribution in [2.75, 3.05) is 26.6 Å². The third-order valence-corrected chi connectivity index (χ3v) is 8.92. The van der Waals surface area contributed by atoms with Crippen LogP contribution < -0.4 is 19.3 Å². The molecule has 0 aliphatic rings. The van der Waals surface area contributed by atoms with E-state index < -0.39 is 15.8 Å². The summed E-state index contributed by atoms with van der Waals surface area (Å²) in [5, 5.41) is 7.47. The Hall–Kier alpha value is -3.63. The van der Waals surface area contributed by atoms with Crippen molar-refractivity contribution < 1.29 is 9.47 Å². The molecule has 0 spiro atoms. The molecule has 0 saturated heterocycles. The number of pyridine rings is 1. The zero-order valence-electron chi connectivity index (χ0n) is 20.2. The van der Waals surface area contributed by atoms with E-state index in [4.69, 9.17) is 14.5 Å². The van der Waals surface area contributed by atoms with Crippen LogP contribution in [0.4, 0.5) is 5.95 Å². The molecule has 35 heavy (non-hydrogen) atoms. The molecule has 0 saturated carbocycles. The van der Waals surface area contributed by atoms with Crippen molar-refractivity contribution in [3.8, 4) is 22.6 Å². The van der Waals surface area contributed by atoms with Crippen LogP contribution in [-0.2, 0) is 5.21 Å². The zero-order chi connectivity index (χ0) is 24.4. The number of nitrogens with zero attached hydrogens (tertiary/aromatic N) is 3. The molecule has 5 aromatic rings. The minimum absolute atomic E-state index is 0.509. The van der Waals surface area contributed by atoms with Gasteiger partial charge in [0.25, 0.3) is 0 Å². The van der Waals surface area contributed by atoms with Gasteiger partial charge in [-0.3, -0.25) is 0 Å². The van der Waals surface area contributed by atoms with Gasteiger partial charge in [0.15, 0.2) is 0 Å². The van der Waals surface area contributed by atoms with Gasteiger partial charge >= 0.3 is 212 Å². The Balaban J connectivity index is 1.52. The number of hydrogen-bond acceptors (Lipinski definition) is 6. The van der Waals surface area contributed by atoms with E-state index in [1.54, 1.807) is 14.2 Å². The molecule has 3 aromatic carbocycles. The van der Waals surface area contributed by atoms with E-state index in [-0.39, 0.29) is 0 Å². The fourth-order valence-electron chi connectivity index (χ4n) is 4.37. The fraction of sp³-hybridized carbons (Fsp3) is 0.179. The molecule has 1 unspecified atom stereocenters. The Bertz CT molecular complexity index is 1540. The minimum atomic E-state index is -0.509. The summed E-state index contributed by atoms with van der Waals surface area (Å²) in [4.78, 5) is 13.8. The number of aromatic nitrogens is 3. The van der Waals surface area contributed by atoms with Crippen molar-refractivity contribution in [3.05, 3.63) is 78.1 Å². The van der Waals surface area contributed by atoms with Crippen molar-refractivity contribution in [2.45, 2.75) is 12.1 Å². The van der Waals surface area contributed by atoms with Gasteiger partial charge < -0.3 is 0 Å². The molecule has 7 heteroatoms. The van der Waals surface area contributed by atoms with E-state index in [1.165, 1.54) is 37.5 Å². The van der Waals surface area contributed by atoms with Gasteiger partial charge in [0, 0.05) is 0 Å². The molecule has 0 aliphatic carbocycles. The topological polar surface area (TPSA) is 69.2 Å². The van der Waals surface area contributed by atoms with Crippen molar-refractivity contribution in [2.24, 2.45) is 0 Å². The number of benzene rings is 3. The van der Waals surface area contributed by atoms with Crippen LogP contribution in [0.15, 0.2) is 67.0 Å². The standard InChI is InChI=1S/C28H27AsN4O2/c1-17-5-8-22-21(26(17)19-7-9-23-20(14-19)16-32-28(30-2)33-23)11-12-31-27(22)29-15-18-6-10-24(34-3)25(13-18)35-4/h5-14,16,29H,15H2,1-4H3,(H,30,32,33). The Kier molecular flexibility index (Phi) is 6.56. The third-order valence-electron chi connectivity index (χ3n) is 6.15. The van der Waals surface area contributed by atoms with Gasteiger partial charge in [-0.2, -0.15) is 0 Å². The van der Waals surface area contributed by atoms with E-state index in [2.05, 4.69) is 70.7 Å². The summed E-state index contributed by atoms with van der Waals surface area (Å²) >= 11 is -0.509. The molecule has 5 rings (SSSR count). The van der Waals surface area contributed by atoms with Gasteiger partial charge in [-0.25, -0.2) is 0 Å². The monoisotopic (exact) mass is 526 g/mol. The summed E-state index contributed by atoms with van der Waals surface area (Å²) in [5.41, 5.74) is 5.81. The summed E-state index contributed by atoms with van der Waals surface area (Å²) in [5.74, 6) is 2.14. The van der Waals surface area contributed by atoms with Crippen LogP contribution in [-0.4, -0.2) is 52.0 Å². The molecule has 0 amide bonds. The molecule has 1 N–H and O–H groups in total. The molecule has 0 fully saturated rings. The van der Waals surface area contributed by atoms with Crippen LogP contribution in [0.3, 0.4) is 0 Å². The first kappa shape index (κ1) is 23.1. The van der Waals surface area contributed by atoms with Crippen molar-refractivity contribution in [3.63, 3.8) is 0 Å². The van der Waals surface area contributed by atoms with E-state index in [9.17, 15) is 0 Å². The summed E-state index contributed by atoms with van der Waals surface area (Å²) < 4.78 is 12.1. The normalized spacial score (nSPS) is 11.4. The number of aryl methyl sites for hydroxylation is 1. The van der Waals surface area contributed by atoms with Crippen molar-refractivity contribution >= 4 is 47.9 Å². The Morgan fingerprint density at radius 2 is 1.74 bits per heavy atom. The second-order valence-electron chi connectivity index (χ2n) is 8.27. The second-order valence-corrected chi connectivity index (χ2v) is 10.7. The van der Waals surface area contributed by atoms with Gasteiger partial charge in [-0.05, 0) is 0 Å². The second kappa shape index (κ2) is 9.93. The van der Waals surface area contributed by atoms with Crippen LogP contribution in [0, 0.1) is 6.92 Å². The summed E-state index contributed by atoms with van der Waals surface area (Å²) in [6.45, 7) is 2.17. The Morgan fingerprint density at radius 1 is 0.886 bits per heavy atom. The van der Waals surface area contributed by atoms with Gasteiger partial charge in [0.05, 0.1) is 0 Å². The fourth-order valence-corrected chi connectivity index (χ4v) is 6.82. The molecule has 2 heterocycles. The van der Waals surface area contributed by atoms with E-state index in [0.29, 0.717) is 5.95 Å². The van der Waals surface area contributed by atoms with Gasteiger partial charge in [-0.15, -0.1) is 0 Å². The number of hydrogen-bond donors (Lipinski definition) is 1. The third kappa shape index (κ3) is 4.54. The van der Waals surface area contributed by atoms with Crippen LogP contribution in [0.25, 0.3) is 32.8 Å². The number of anilines is 1. The van der Waals surface area contributed by atoms with Crippen LogP contribution in [0.1, 0.15) is 11.1 Å². The van der Waals surface area contributed by atoms with E-state index in [1.807, 2.05) is 25.5 Å². The quantitative estimate of drug-likeness (QED) is 0.316. The molecule has 0 aliphatic heterocycles. The summed E-state index contributed by atoms with van der Waals surface area (Å²) in [6.07, 6.45) is 3.82. The van der Waals surface area contributed by atoms with Crippen molar-refractivity contribution in [1.29, 1.82) is 0 Å². The summed E-state index contributed by atoms with van der Waals surface area (Å²) in [7, 11) is 5.16. The predicted octanol–water partition coefficient (Wildman–Crippen LogP) is 4.47. The Morgan fingerprint density at radius 3 is 2.54 bits per heavy atom. The molecule has 0 radical (unpaired) electrons. The summed E-state index contributed by atoms with van der Waals surface area (Å²) in [6, 6.07) is 19.1. The molecule has 0 bridgehead atoms. The van der Waals surface area contributed by atoms with Gasteiger partial charge in [0.2, 0.25) is 0 Å². The molecule has 1 atom stereocenters. The average Bonchev–Trinajstić information content (AvgIpc) is 2.90. The first-order valence-electron chi connectivity index (χ1n) is 11.4. The number of methoxy groups -OCH3 is 2. The maximum absolute atomic E-state index is 5.48. The first-order valence-corrected chi connectivity index (χ1v) is 13.9. The van der Waals surface area contributed by atoms with Gasteiger partial charge in [-0.1, -0.05) is 0 Å². The van der Waals surface area contributed by atoms with Crippen molar-refractivity contribution in [1.82, 2.24) is 15.0 Å². The Labute approximate surface area is 211 Å². The average molecular weight is 526 g/mol. The molecule has 176 valence electrons. The molecular weight excluding hydrogens is 499 g/mol. The number of nitrogens with one attached hydrogen (secondary N) is 1. The van der Waals surface area contributed by atoms with Crippen LogP contribution >= 0.6 is 0 Å². The number of rotatable bonds is 7. The first-order chi connectivity index (χ1) is 17.1. The molecule has 2 aromatic heterocycles. The SMILES string of the molecule is CNc1ncc2cc(-c3c(C)ccc4c([AsH]Cc5ccc(OC)c(OC)c5)nccc34)ccc2n1. The predicted molar refractivity (Wildman–Crippen MR) is 145 cm³/mol.